The van der Waals surface area contributed by atoms with Gasteiger partial charge in [0.2, 0.25) is 0 Å². The Hall–Kier alpha value is -2.53. The lowest BCUT2D eigenvalue weighted by molar-refractivity contribution is -0.139. The van der Waals surface area contributed by atoms with Crippen LogP contribution in [0.15, 0.2) is 48.5 Å². The van der Waals surface area contributed by atoms with E-state index in [4.69, 9.17) is 9.47 Å². The molecule has 1 atom stereocenters. The van der Waals surface area contributed by atoms with Gasteiger partial charge >= 0.3 is 5.97 Å². The number of rotatable bonds is 8. The number of methoxy groups -OCH3 is 1. The Labute approximate surface area is 142 Å². The van der Waals surface area contributed by atoms with Crippen LogP contribution in [0.1, 0.15) is 31.0 Å². The van der Waals surface area contributed by atoms with E-state index in [1.807, 2.05) is 50.2 Å². The van der Waals surface area contributed by atoms with Gasteiger partial charge in [-0.3, -0.25) is 10.1 Å². The zero-order chi connectivity index (χ0) is 17.5. The van der Waals surface area contributed by atoms with Gasteiger partial charge in [-0.1, -0.05) is 36.4 Å². The molecular formula is C19H23NO4. The molecule has 0 fully saturated rings. The Balaban J connectivity index is 2.11. The summed E-state index contributed by atoms with van der Waals surface area (Å²) in [7, 11) is 1.59. The van der Waals surface area contributed by atoms with Crippen LogP contribution in [-0.4, -0.2) is 24.3 Å². The minimum atomic E-state index is -0.909. The second kappa shape index (κ2) is 8.36. The molecule has 5 heteroatoms. The molecule has 0 saturated carbocycles. The van der Waals surface area contributed by atoms with Crippen LogP contribution in [0.25, 0.3) is 0 Å². The highest BCUT2D eigenvalue weighted by atomic mass is 16.5. The second-order valence-electron chi connectivity index (χ2n) is 5.71. The van der Waals surface area contributed by atoms with Gasteiger partial charge < -0.3 is 14.6 Å². The Morgan fingerprint density at radius 2 is 1.83 bits per heavy atom. The molecule has 128 valence electrons. The molecule has 0 radical (unpaired) electrons. The fourth-order valence-electron chi connectivity index (χ4n) is 2.39. The van der Waals surface area contributed by atoms with E-state index in [-0.39, 0.29) is 6.10 Å². The van der Waals surface area contributed by atoms with Crippen molar-refractivity contribution in [3.8, 4) is 11.5 Å². The summed E-state index contributed by atoms with van der Waals surface area (Å²) in [6.07, 6.45) is 0.0531. The molecule has 0 spiro atoms. The van der Waals surface area contributed by atoms with Gasteiger partial charge in [-0.2, -0.15) is 0 Å². The van der Waals surface area contributed by atoms with Gasteiger partial charge in [-0.15, -0.1) is 0 Å². The van der Waals surface area contributed by atoms with Crippen LogP contribution in [0.2, 0.25) is 0 Å². The molecule has 0 unspecified atom stereocenters. The average molecular weight is 329 g/mol. The van der Waals surface area contributed by atoms with Crippen LogP contribution in [-0.2, 0) is 11.3 Å². The minimum absolute atomic E-state index is 0.0531. The van der Waals surface area contributed by atoms with Crippen molar-refractivity contribution >= 4 is 5.97 Å². The maximum Gasteiger partial charge on any atom is 0.325 e. The molecule has 0 saturated heterocycles. The van der Waals surface area contributed by atoms with E-state index in [1.54, 1.807) is 19.2 Å². The standard InChI is InChI=1S/C19H23NO4/c1-13(2)24-16-10-9-14(11-17(16)23-3)12-20-18(19(21)22)15-7-5-4-6-8-15/h4-11,13,18,20H,12H2,1-3H3,(H,21,22)/t18-/m0/s1. The van der Waals surface area contributed by atoms with E-state index in [0.29, 0.717) is 18.0 Å². The third-order valence-electron chi connectivity index (χ3n) is 3.48. The van der Waals surface area contributed by atoms with Crippen molar-refractivity contribution in [3.63, 3.8) is 0 Å². The Kier molecular flexibility index (Phi) is 6.21. The molecule has 0 bridgehead atoms. The van der Waals surface area contributed by atoms with E-state index >= 15 is 0 Å². The third-order valence-corrected chi connectivity index (χ3v) is 3.48. The zero-order valence-corrected chi connectivity index (χ0v) is 14.2. The molecule has 0 aliphatic rings. The summed E-state index contributed by atoms with van der Waals surface area (Å²) >= 11 is 0. The van der Waals surface area contributed by atoms with Crippen LogP contribution in [0.3, 0.4) is 0 Å². The van der Waals surface area contributed by atoms with E-state index in [0.717, 1.165) is 11.1 Å². The molecule has 0 aliphatic heterocycles. The fourth-order valence-corrected chi connectivity index (χ4v) is 2.39. The van der Waals surface area contributed by atoms with Crippen LogP contribution in [0, 0.1) is 0 Å². The molecule has 2 N–H and O–H groups in total. The molecule has 5 nitrogen and oxygen atoms in total. The first kappa shape index (κ1) is 17.8. The maximum atomic E-state index is 11.5. The Morgan fingerprint density at radius 1 is 1.12 bits per heavy atom. The van der Waals surface area contributed by atoms with Crippen LogP contribution in [0.5, 0.6) is 11.5 Å². The predicted octanol–water partition coefficient (Wildman–Crippen LogP) is 3.40. The largest absolute Gasteiger partial charge is 0.493 e. The molecule has 0 heterocycles. The van der Waals surface area contributed by atoms with Crippen LogP contribution in [0.4, 0.5) is 0 Å². The topological polar surface area (TPSA) is 67.8 Å². The number of carboxylic acid groups (broad SMARTS) is 1. The van der Waals surface area contributed by atoms with Crippen LogP contribution < -0.4 is 14.8 Å². The normalized spacial score (nSPS) is 12.0. The van der Waals surface area contributed by atoms with Crippen molar-refractivity contribution in [3.05, 3.63) is 59.7 Å². The Bertz CT molecular complexity index is 670. The number of ether oxygens (including phenoxy) is 2. The summed E-state index contributed by atoms with van der Waals surface area (Å²) in [6, 6.07) is 13.9. The number of hydrogen-bond donors (Lipinski definition) is 2. The molecule has 2 rings (SSSR count). The highest BCUT2D eigenvalue weighted by Gasteiger charge is 2.19. The van der Waals surface area contributed by atoms with Crippen molar-refractivity contribution in [1.29, 1.82) is 0 Å². The summed E-state index contributed by atoms with van der Waals surface area (Å²) < 4.78 is 11.0. The molecule has 2 aromatic carbocycles. The SMILES string of the molecule is COc1cc(CN[C@H](C(=O)O)c2ccccc2)ccc1OC(C)C. The van der Waals surface area contributed by atoms with E-state index in [9.17, 15) is 9.90 Å². The van der Waals surface area contributed by atoms with Crippen molar-refractivity contribution in [2.24, 2.45) is 0 Å². The highest BCUT2D eigenvalue weighted by Crippen LogP contribution is 2.29. The fraction of sp³-hybridized carbons (Fsp3) is 0.316. The summed E-state index contributed by atoms with van der Waals surface area (Å²) in [5.41, 5.74) is 1.64. The van der Waals surface area contributed by atoms with Gasteiger partial charge in [0, 0.05) is 6.54 Å². The molecule has 24 heavy (non-hydrogen) atoms. The monoisotopic (exact) mass is 329 g/mol. The Morgan fingerprint density at radius 3 is 2.42 bits per heavy atom. The van der Waals surface area contributed by atoms with Gasteiger partial charge in [-0.25, -0.2) is 0 Å². The zero-order valence-electron chi connectivity index (χ0n) is 14.2. The maximum absolute atomic E-state index is 11.5. The second-order valence-corrected chi connectivity index (χ2v) is 5.71. The molecule has 0 aliphatic carbocycles. The van der Waals surface area contributed by atoms with Crippen molar-refractivity contribution < 1.29 is 19.4 Å². The molecular weight excluding hydrogens is 306 g/mol. The number of carbonyl (C=O) groups is 1. The molecule has 0 aromatic heterocycles. The first-order valence-electron chi connectivity index (χ1n) is 7.86. The third kappa shape index (κ3) is 4.73. The number of aliphatic carboxylic acids is 1. The highest BCUT2D eigenvalue weighted by molar-refractivity contribution is 5.75. The molecule has 0 amide bonds. The summed E-state index contributed by atoms with van der Waals surface area (Å²) in [4.78, 5) is 11.5. The van der Waals surface area contributed by atoms with Crippen LogP contribution >= 0.6 is 0 Å². The first-order chi connectivity index (χ1) is 11.5. The smallest absolute Gasteiger partial charge is 0.325 e. The summed E-state index contributed by atoms with van der Waals surface area (Å²) in [6.45, 7) is 4.31. The lowest BCUT2D eigenvalue weighted by Crippen LogP contribution is -2.28. The lowest BCUT2D eigenvalue weighted by atomic mass is 10.1. The summed E-state index contributed by atoms with van der Waals surface area (Å²) in [5.74, 6) is 0.400. The number of carboxylic acids is 1. The first-order valence-corrected chi connectivity index (χ1v) is 7.86. The van der Waals surface area contributed by atoms with E-state index in [2.05, 4.69) is 5.32 Å². The summed E-state index contributed by atoms with van der Waals surface area (Å²) in [5, 5.41) is 12.5. The van der Waals surface area contributed by atoms with E-state index < -0.39 is 12.0 Å². The van der Waals surface area contributed by atoms with Gasteiger partial charge in [0.25, 0.3) is 0 Å². The van der Waals surface area contributed by atoms with Gasteiger partial charge in [0.05, 0.1) is 13.2 Å². The number of benzene rings is 2. The lowest BCUT2D eigenvalue weighted by Gasteiger charge is -2.17. The van der Waals surface area contributed by atoms with E-state index in [1.165, 1.54) is 0 Å². The van der Waals surface area contributed by atoms with Gasteiger partial charge in [0.1, 0.15) is 6.04 Å². The number of nitrogens with one attached hydrogen (secondary N) is 1. The van der Waals surface area contributed by atoms with Crippen molar-refractivity contribution in [1.82, 2.24) is 5.32 Å². The minimum Gasteiger partial charge on any atom is -0.493 e. The molecule has 2 aromatic rings. The van der Waals surface area contributed by atoms with Crippen molar-refractivity contribution in [2.75, 3.05) is 7.11 Å². The van der Waals surface area contributed by atoms with Crippen molar-refractivity contribution in [2.45, 2.75) is 32.5 Å². The quantitative estimate of drug-likeness (QED) is 0.777. The van der Waals surface area contributed by atoms with Gasteiger partial charge in [0.15, 0.2) is 11.5 Å². The number of hydrogen-bond acceptors (Lipinski definition) is 4. The predicted molar refractivity (Wildman–Crippen MR) is 92.4 cm³/mol. The van der Waals surface area contributed by atoms with Gasteiger partial charge in [-0.05, 0) is 37.1 Å². The average Bonchev–Trinajstić information content (AvgIpc) is 2.56.